The summed E-state index contributed by atoms with van der Waals surface area (Å²) in [6, 6.07) is 0. The van der Waals surface area contributed by atoms with Gasteiger partial charge in [-0.05, 0) is 66.7 Å². The minimum absolute atomic E-state index is 0.0222. The summed E-state index contributed by atoms with van der Waals surface area (Å²) in [5.41, 5.74) is 0.376. The first-order chi connectivity index (χ1) is 10.2. The Kier molecular flexibility index (Phi) is 5.58. The molecule has 0 bridgehead atoms. The van der Waals surface area contributed by atoms with Crippen molar-refractivity contribution in [3.8, 4) is 0 Å². The minimum Gasteiger partial charge on any atom is -0.461 e. The summed E-state index contributed by atoms with van der Waals surface area (Å²) in [5, 5.41) is 0. The molecule has 0 radical (unpaired) electrons. The predicted molar refractivity (Wildman–Crippen MR) is 90.8 cm³/mol. The first-order valence-corrected chi connectivity index (χ1v) is 9.21. The van der Waals surface area contributed by atoms with E-state index in [9.17, 15) is 4.79 Å². The molecule has 3 heteroatoms. The smallest absolute Gasteiger partial charge is 0.309 e. The van der Waals surface area contributed by atoms with Gasteiger partial charge in [-0.2, -0.15) is 0 Å². The fraction of sp³-hybridized carbons (Fsp3) is 0.947. The van der Waals surface area contributed by atoms with Crippen molar-refractivity contribution in [2.24, 2.45) is 5.92 Å². The molecule has 22 heavy (non-hydrogen) atoms. The highest BCUT2D eigenvalue weighted by Gasteiger charge is 2.42. The number of ether oxygens (including phenoxy) is 1. The lowest BCUT2D eigenvalue weighted by Crippen LogP contribution is -2.60. The molecule has 2 fully saturated rings. The van der Waals surface area contributed by atoms with E-state index in [1.54, 1.807) is 0 Å². The first-order valence-electron chi connectivity index (χ1n) is 9.21. The number of esters is 1. The molecule has 2 rings (SSSR count). The lowest BCUT2D eigenvalue weighted by Gasteiger charge is -2.53. The van der Waals surface area contributed by atoms with Gasteiger partial charge in [0.15, 0.2) is 0 Å². The zero-order valence-electron chi connectivity index (χ0n) is 15.3. The molecule has 1 unspecified atom stereocenters. The molecule has 1 aliphatic carbocycles. The van der Waals surface area contributed by atoms with Crippen LogP contribution < -0.4 is 0 Å². The zero-order valence-corrected chi connectivity index (χ0v) is 15.3. The van der Waals surface area contributed by atoms with Crippen LogP contribution in [0.25, 0.3) is 0 Å². The van der Waals surface area contributed by atoms with E-state index in [0.29, 0.717) is 0 Å². The van der Waals surface area contributed by atoms with E-state index in [1.807, 2.05) is 0 Å². The molecule has 0 amide bonds. The highest BCUT2D eigenvalue weighted by molar-refractivity contribution is 5.72. The molecule has 0 N–H and O–H groups in total. The maximum atomic E-state index is 12.3. The maximum Gasteiger partial charge on any atom is 0.309 e. The minimum atomic E-state index is -0.0222. The van der Waals surface area contributed by atoms with Gasteiger partial charge in [-0.1, -0.05) is 19.3 Å². The van der Waals surface area contributed by atoms with Crippen LogP contribution in [0.5, 0.6) is 0 Å². The van der Waals surface area contributed by atoms with Gasteiger partial charge in [0, 0.05) is 17.6 Å². The van der Waals surface area contributed by atoms with Crippen molar-refractivity contribution in [2.45, 2.75) is 103 Å². The van der Waals surface area contributed by atoms with Crippen molar-refractivity contribution >= 4 is 5.97 Å². The maximum absolute atomic E-state index is 12.3. The highest BCUT2D eigenvalue weighted by Crippen LogP contribution is 2.38. The number of rotatable bonds is 4. The molecule has 1 aliphatic heterocycles. The summed E-state index contributed by atoms with van der Waals surface area (Å²) < 4.78 is 5.80. The third kappa shape index (κ3) is 4.24. The molecule has 2 aliphatic rings. The van der Waals surface area contributed by atoms with Gasteiger partial charge in [-0.3, -0.25) is 9.69 Å². The Morgan fingerprint density at radius 1 is 1.05 bits per heavy atom. The third-order valence-electron chi connectivity index (χ3n) is 5.73. The largest absolute Gasteiger partial charge is 0.461 e. The number of carbonyl (C=O) groups is 1. The first kappa shape index (κ1) is 17.8. The van der Waals surface area contributed by atoms with E-state index in [1.165, 1.54) is 38.5 Å². The summed E-state index contributed by atoms with van der Waals surface area (Å²) in [6.45, 7) is 12.2. The number of likely N-dealkylation sites (tertiary alicyclic amines) is 1. The van der Waals surface area contributed by atoms with Gasteiger partial charge < -0.3 is 4.74 Å². The van der Waals surface area contributed by atoms with Gasteiger partial charge in [0.2, 0.25) is 0 Å². The van der Waals surface area contributed by atoms with Gasteiger partial charge in [0.25, 0.3) is 0 Å². The Balaban J connectivity index is 1.92. The quantitative estimate of drug-likeness (QED) is 0.714. The number of nitrogens with zero attached hydrogens (tertiary/aromatic N) is 1. The van der Waals surface area contributed by atoms with Gasteiger partial charge >= 0.3 is 5.97 Å². The average molecular weight is 309 g/mol. The number of hydrogen-bond donors (Lipinski definition) is 0. The molecule has 128 valence electrons. The Labute approximate surface area is 136 Å². The fourth-order valence-corrected chi connectivity index (χ4v) is 4.46. The number of piperidine rings is 1. The standard InChI is InChI=1S/C19H35NO2/c1-15(22-17(21)16-10-7-6-8-11-16)14-20-18(2,3)12-9-13-19(20,4)5/h15-16H,6-14H2,1-5H3. The van der Waals surface area contributed by atoms with E-state index in [4.69, 9.17) is 4.74 Å². The second-order valence-corrected chi connectivity index (χ2v) is 8.67. The predicted octanol–water partition coefficient (Wildman–Crippen LogP) is 4.54. The fourth-order valence-electron chi connectivity index (χ4n) is 4.46. The molecule has 0 aromatic heterocycles. The van der Waals surface area contributed by atoms with Crippen molar-refractivity contribution in [3.63, 3.8) is 0 Å². The Morgan fingerprint density at radius 2 is 1.59 bits per heavy atom. The van der Waals surface area contributed by atoms with Crippen LogP contribution in [0.1, 0.15) is 86.0 Å². The van der Waals surface area contributed by atoms with Gasteiger partial charge in [0.1, 0.15) is 6.10 Å². The summed E-state index contributed by atoms with van der Waals surface area (Å²) >= 11 is 0. The highest BCUT2D eigenvalue weighted by atomic mass is 16.5. The van der Waals surface area contributed by atoms with Crippen LogP contribution in [0.15, 0.2) is 0 Å². The zero-order chi connectivity index (χ0) is 16.4. The van der Waals surface area contributed by atoms with Gasteiger partial charge in [-0.25, -0.2) is 0 Å². The summed E-state index contributed by atoms with van der Waals surface area (Å²) in [7, 11) is 0. The lowest BCUT2D eigenvalue weighted by molar-refractivity contribution is -0.158. The molecule has 1 saturated carbocycles. The SMILES string of the molecule is CC(CN1C(C)(C)CCCC1(C)C)OC(=O)C1CCCCC1. The average Bonchev–Trinajstić information content (AvgIpc) is 2.43. The van der Waals surface area contributed by atoms with Crippen molar-refractivity contribution in [1.29, 1.82) is 0 Å². The Bertz CT molecular complexity index is 367. The molecule has 1 atom stereocenters. The van der Waals surface area contributed by atoms with Gasteiger partial charge in [0.05, 0.1) is 5.92 Å². The van der Waals surface area contributed by atoms with Crippen LogP contribution in [0.3, 0.4) is 0 Å². The summed E-state index contributed by atoms with van der Waals surface area (Å²) in [4.78, 5) is 14.9. The molecular weight excluding hydrogens is 274 g/mol. The molecular formula is C19H35NO2. The van der Waals surface area contributed by atoms with Gasteiger partial charge in [-0.15, -0.1) is 0 Å². The van der Waals surface area contributed by atoms with Crippen LogP contribution in [-0.4, -0.2) is 34.6 Å². The van der Waals surface area contributed by atoms with E-state index >= 15 is 0 Å². The van der Waals surface area contributed by atoms with Crippen LogP contribution in [0.4, 0.5) is 0 Å². The molecule has 0 aromatic rings. The second kappa shape index (κ2) is 6.90. The monoisotopic (exact) mass is 309 g/mol. The third-order valence-corrected chi connectivity index (χ3v) is 5.73. The molecule has 0 aromatic carbocycles. The molecule has 1 saturated heterocycles. The number of carbonyl (C=O) groups excluding carboxylic acids is 1. The van der Waals surface area contributed by atoms with E-state index in [0.717, 1.165) is 19.4 Å². The molecule has 0 spiro atoms. The van der Waals surface area contributed by atoms with E-state index in [2.05, 4.69) is 39.5 Å². The van der Waals surface area contributed by atoms with Crippen molar-refractivity contribution in [1.82, 2.24) is 4.90 Å². The van der Waals surface area contributed by atoms with Crippen LogP contribution >= 0.6 is 0 Å². The summed E-state index contributed by atoms with van der Waals surface area (Å²) in [6.07, 6.45) is 9.38. The normalized spacial score (nSPS) is 27.3. The van der Waals surface area contributed by atoms with E-state index in [-0.39, 0.29) is 29.1 Å². The van der Waals surface area contributed by atoms with Crippen LogP contribution in [0, 0.1) is 5.92 Å². The molecule has 1 heterocycles. The number of hydrogen-bond acceptors (Lipinski definition) is 3. The van der Waals surface area contributed by atoms with Crippen molar-refractivity contribution in [3.05, 3.63) is 0 Å². The Morgan fingerprint density at radius 3 is 2.14 bits per heavy atom. The van der Waals surface area contributed by atoms with Crippen LogP contribution in [-0.2, 0) is 9.53 Å². The second-order valence-electron chi connectivity index (χ2n) is 8.67. The van der Waals surface area contributed by atoms with Crippen molar-refractivity contribution < 1.29 is 9.53 Å². The molecule has 3 nitrogen and oxygen atoms in total. The van der Waals surface area contributed by atoms with E-state index < -0.39 is 0 Å². The lowest BCUT2D eigenvalue weighted by atomic mass is 9.79. The summed E-state index contributed by atoms with van der Waals surface area (Å²) in [5.74, 6) is 0.193. The topological polar surface area (TPSA) is 29.5 Å². The van der Waals surface area contributed by atoms with Crippen LogP contribution in [0.2, 0.25) is 0 Å². The Hall–Kier alpha value is -0.570. The van der Waals surface area contributed by atoms with Crippen molar-refractivity contribution in [2.75, 3.05) is 6.54 Å².